The lowest BCUT2D eigenvalue weighted by molar-refractivity contribution is -0.134. The lowest BCUT2D eigenvalue weighted by Gasteiger charge is -2.23. The number of hydrogen-bond acceptors (Lipinski definition) is 3. The summed E-state index contributed by atoms with van der Waals surface area (Å²) in [4.78, 5) is 34.9. The van der Waals surface area contributed by atoms with Crippen molar-refractivity contribution < 1.29 is 4.79 Å². The van der Waals surface area contributed by atoms with Crippen LogP contribution < -0.4 is 5.56 Å². The molecule has 5 nitrogen and oxygen atoms in total. The Hall–Kier alpha value is -1.88. The number of aromatic nitrogens is 2. The number of benzene rings is 1. The lowest BCUT2D eigenvalue weighted by atomic mass is 10.0. The first-order valence-corrected chi connectivity index (χ1v) is 10.4. The summed E-state index contributed by atoms with van der Waals surface area (Å²) in [5, 5.41) is 1.07. The predicted octanol–water partition coefficient (Wildman–Crippen LogP) is 3.61. The highest BCUT2D eigenvalue weighted by Crippen LogP contribution is 2.69. The van der Waals surface area contributed by atoms with E-state index in [0.29, 0.717) is 46.7 Å². The molecule has 0 spiro atoms. The molecule has 1 heterocycles. The standard InChI is InChI=1S/C21H24ClN3O2/c1-2-7-25(21(27)19-17-11-3-4-12(8-11)18(17)19)10-16-23-15-9-13(22)5-6-14(15)20(26)24-16/h5-6,9,11-12,17-19H,2-4,7-8,10H2,1H3,(H,23,24,26)/t11-,12-,17-,18-/m0/s1. The zero-order valence-corrected chi connectivity index (χ0v) is 16.2. The van der Waals surface area contributed by atoms with E-state index in [9.17, 15) is 9.59 Å². The van der Waals surface area contributed by atoms with Gasteiger partial charge in [0, 0.05) is 17.5 Å². The molecule has 0 radical (unpaired) electrons. The van der Waals surface area contributed by atoms with Crippen molar-refractivity contribution in [2.75, 3.05) is 6.54 Å². The molecule has 0 aliphatic heterocycles. The van der Waals surface area contributed by atoms with Gasteiger partial charge in [0.2, 0.25) is 5.91 Å². The Balaban J connectivity index is 1.39. The Morgan fingerprint density at radius 2 is 2.04 bits per heavy atom. The van der Waals surface area contributed by atoms with Crippen LogP contribution in [0.25, 0.3) is 10.9 Å². The Bertz CT molecular complexity index is 956. The molecule has 5 rings (SSSR count). The summed E-state index contributed by atoms with van der Waals surface area (Å²) < 4.78 is 0. The number of nitrogens with zero attached hydrogens (tertiary/aromatic N) is 2. The number of rotatable bonds is 5. The first kappa shape index (κ1) is 17.2. The van der Waals surface area contributed by atoms with Crippen LogP contribution in [0, 0.1) is 29.6 Å². The largest absolute Gasteiger partial charge is 0.335 e. The van der Waals surface area contributed by atoms with Gasteiger partial charge in [-0.05, 0) is 67.6 Å². The second-order valence-corrected chi connectivity index (χ2v) is 8.88. The van der Waals surface area contributed by atoms with Gasteiger partial charge in [-0.1, -0.05) is 18.5 Å². The van der Waals surface area contributed by atoms with Crippen LogP contribution >= 0.6 is 11.6 Å². The van der Waals surface area contributed by atoms with Crippen LogP contribution in [0.15, 0.2) is 23.0 Å². The summed E-state index contributed by atoms with van der Waals surface area (Å²) in [6, 6.07) is 5.07. The first-order valence-electron chi connectivity index (χ1n) is 10.0. The molecule has 1 N–H and O–H groups in total. The second-order valence-electron chi connectivity index (χ2n) is 8.45. The third-order valence-corrected chi connectivity index (χ3v) is 7.12. The third kappa shape index (κ3) is 2.78. The smallest absolute Gasteiger partial charge is 0.258 e. The minimum atomic E-state index is -0.183. The monoisotopic (exact) mass is 385 g/mol. The van der Waals surface area contributed by atoms with E-state index in [1.165, 1.54) is 19.3 Å². The minimum Gasteiger partial charge on any atom is -0.335 e. The first-order chi connectivity index (χ1) is 13.1. The molecule has 4 atom stereocenters. The topological polar surface area (TPSA) is 66.1 Å². The summed E-state index contributed by atoms with van der Waals surface area (Å²) in [5.74, 6) is 3.81. The van der Waals surface area contributed by atoms with Gasteiger partial charge in [0.15, 0.2) is 0 Å². The van der Waals surface area contributed by atoms with E-state index in [4.69, 9.17) is 11.6 Å². The number of halogens is 1. The average molecular weight is 386 g/mol. The Labute approximate surface area is 163 Å². The molecule has 6 heteroatoms. The van der Waals surface area contributed by atoms with Gasteiger partial charge in [0.25, 0.3) is 5.56 Å². The Kier molecular flexibility index (Phi) is 4.04. The van der Waals surface area contributed by atoms with E-state index < -0.39 is 0 Å². The molecule has 2 aromatic rings. The lowest BCUT2D eigenvalue weighted by Crippen LogP contribution is -2.35. The van der Waals surface area contributed by atoms with Gasteiger partial charge in [-0.25, -0.2) is 4.98 Å². The van der Waals surface area contributed by atoms with Crippen molar-refractivity contribution in [3.8, 4) is 0 Å². The van der Waals surface area contributed by atoms with Crippen LogP contribution in [0.4, 0.5) is 0 Å². The van der Waals surface area contributed by atoms with Crippen LogP contribution in [0.1, 0.15) is 38.4 Å². The number of hydrogen-bond donors (Lipinski definition) is 1. The Morgan fingerprint density at radius 1 is 1.30 bits per heavy atom. The highest BCUT2D eigenvalue weighted by molar-refractivity contribution is 6.31. The highest BCUT2D eigenvalue weighted by Gasteiger charge is 2.67. The molecular weight excluding hydrogens is 362 g/mol. The minimum absolute atomic E-state index is 0.183. The molecule has 2 bridgehead atoms. The van der Waals surface area contributed by atoms with Gasteiger partial charge in [0.1, 0.15) is 5.82 Å². The zero-order chi connectivity index (χ0) is 18.7. The van der Waals surface area contributed by atoms with Crippen molar-refractivity contribution in [3.63, 3.8) is 0 Å². The number of amides is 1. The van der Waals surface area contributed by atoms with Crippen molar-refractivity contribution in [1.29, 1.82) is 0 Å². The van der Waals surface area contributed by atoms with E-state index in [-0.39, 0.29) is 17.4 Å². The zero-order valence-electron chi connectivity index (χ0n) is 15.5. The average Bonchev–Trinajstić information content (AvgIpc) is 3.06. The van der Waals surface area contributed by atoms with Crippen LogP contribution in [-0.4, -0.2) is 27.3 Å². The summed E-state index contributed by atoms with van der Waals surface area (Å²) in [7, 11) is 0. The fourth-order valence-corrected chi connectivity index (χ4v) is 5.99. The number of nitrogens with one attached hydrogen (secondary N) is 1. The van der Waals surface area contributed by atoms with Crippen molar-refractivity contribution in [2.45, 2.75) is 39.2 Å². The molecule has 3 fully saturated rings. The number of carbonyl (C=O) groups is 1. The molecule has 142 valence electrons. The van der Waals surface area contributed by atoms with Crippen LogP contribution in [0.5, 0.6) is 0 Å². The molecule has 1 aromatic carbocycles. The van der Waals surface area contributed by atoms with Crippen molar-refractivity contribution in [3.05, 3.63) is 39.4 Å². The van der Waals surface area contributed by atoms with Crippen molar-refractivity contribution in [2.24, 2.45) is 29.6 Å². The molecular formula is C21H24ClN3O2. The SMILES string of the molecule is CCCN(Cc1nc2cc(Cl)ccc2c(=O)[nH]1)C(=O)C1[C@H]2[C@H]3CC[C@@H](C3)[C@H]12. The highest BCUT2D eigenvalue weighted by atomic mass is 35.5. The summed E-state index contributed by atoms with van der Waals surface area (Å²) in [6.45, 7) is 3.13. The number of aromatic amines is 1. The van der Waals surface area contributed by atoms with E-state index in [2.05, 4.69) is 16.9 Å². The van der Waals surface area contributed by atoms with E-state index in [1.807, 2.05) is 4.90 Å². The molecule has 0 saturated heterocycles. The fraction of sp³-hybridized carbons (Fsp3) is 0.571. The van der Waals surface area contributed by atoms with Crippen LogP contribution in [0.2, 0.25) is 5.02 Å². The normalized spacial score (nSPS) is 30.5. The maximum atomic E-state index is 13.2. The van der Waals surface area contributed by atoms with Gasteiger partial charge in [-0.15, -0.1) is 0 Å². The number of carbonyl (C=O) groups excluding carboxylic acids is 1. The molecule has 1 amide bonds. The second kappa shape index (κ2) is 6.33. The van der Waals surface area contributed by atoms with Crippen molar-refractivity contribution >= 4 is 28.4 Å². The summed E-state index contributed by atoms with van der Waals surface area (Å²) >= 11 is 6.05. The quantitative estimate of drug-likeness (QED) is 0.855. The molecule has 1 aromatic heterocycles. The van der Waals surface area contributed by atoms with E-state index in [1.54, 1.807) is 18.2 Å². The Morgan fingerprint density at radius 3 is 2.74 bits per heavy atom. The third-order valence-electron chi connectivity index (χ3n) is 6.88. The van der Waals surface area contributed by atoms with Gasteiger partial charge in [-0.2, -0.15) is 0 Å². The maximum Gasteiger partial charge on any atom is 0.258 e. The maximum absolute atomic E-state index is 13.2. The van der Waals surface area contributed by atoms with Gasteiger partial charge >= 0.3 is 0 Å². The van der Waals surface area contributed by atoms with Crippen LogP contribution in [0.3, 0.4) is 0 Å². The molecule has 3 aliphatic rings. The summed E-state index contributed by atoms with van der Waals surface area (Å²) in [5.41, 5.74) is 0.392. The van der Waals surface area contributed by atoms with E-state index >= 15 is 0 Å². The molecule has 0 unspecified atom stereocenters. The van der Waals surface area contributed by atoms with E-state index in [0.717, 1.165) is 18.3 Å². The number of H-pyrrole nitrogens is 1. The molecule has 27 heavy (non-hydrogen) atoms. The van der Waals surface area contributed by atoms with Gasteiger partial charge in [0.05, 0.1) is 17.4 Å². The van der Waals surface area contributed by atoms with Crippen molar-refractivity contribution in [1.82, 2.24) is 14.9 Å². The number of fused-ring (bicyclic) bond motifs is 6. The van der Waals surface area contributed by atoms with Gasteiger partial charge < -0.3 is 9.88 Å². The molecule has 3 aliphatic carbocycles. The van der Waals surface area contributed by atoms with Gasteiger partial charge in [-0.3, -0.25) is 9.59 Å². The fourth-order valence-electron chi connectivity index (χ4n) is 5.82. The van der Waals surface area contributed by atoms with Crippen LogP contribution in [-0.2, 0) is 11.3 Å². The summed E-state index contributed by atoms with van der Waals surface area (Å²) in [6.07, 6.45) is 4.85. The predicted molar refractivity (Wildman–Crippen MR) is 104 cm³/mol. The molecule has 3 saturated carbocycles.